The van der Waals surface area contributed by atoms with E-state index in [1.807, 2.05) is 17.0 Å². The van der Waals surface area contributed by atoms with Gasteiger partial charge < -0.3 is 10.1 Å². The summed E-state index contributed by atoms with van der Waals surface area (Å²) in [6, 6.07) is 15.7. The van der Waals surface area contributed by atoms with Crippen LogP contribution in [0.2, 0.25) is 0 Å². The van der Waals surface area contributed by atoms with Gasteiger partial charge in [-0.25, -0.2) is 4.39 Å². The Morgan fingerprint density at radius 2 is 1.81 bits per heavy atom. The van der Waals surface area contributed by atoms with E-state index >= 15 is 0 Å². The van der Waals surface area contributed by atoms with Crippen LogP contribution < -0.4 is 5.32 Å². The number of amides is 1. The summed E-state index contributed by atoms with van der Waals surface area (Å²) in [6.45, 7) is 2.51. The highest BCUT2D eigenvalue weighted by molar-refractivity contribution is 5.78. The molecule has 0 fully saturated rings. The molecule has 0 spiro atoms. The highest BCUT2D eigenvalue weighted by Crippen LogP contribution is 2.07. The number of hydrogen-bond donors (Lipinski definition) is 1. The van der Waals surface area contributed by atoms with Crippen molar-refractivity contribution in [1.29, 1.82) is 5.26 Å². The summed E-state index contributed by atoms with van der Waals surface area (Å²) in [7, 11) is 1.63. The number of nitrogens with one attached hydrogen (secondary N) is 1. The van der Waals surface area contributed by atoms with Crippen molar-refractivity contribution in [2.24, 2.45) is 0 Å². The summed E-state index contributed by atoms with van der Waals surface area (Å²) in [4.78, 5) is 14.3. The molecule has 0 aromatic heterocycles. The molecule has 0 saturated heterocycles. The number of methoxy groups -OCH3 is 1. The molecule has 27 heavy (non-hydrogen) atoms. The molecule has 6 heteroatoms. The molecule has 0 aliphatic heterocycles. The van der Waals surface area contributed by atoms with Crippen molar-refractivity contribution in [2.75, 3.05) is 33.4 Å². The Kier molecular flexibility index (Phi) is 8.43. The smallest absolute Gasteiger partial charge is 0.234 e. The maximum absolute atomic E-state index is 12.9. The van der Waals surface area contributed by atoms with Gasteiger partial charge in [0, 0.05) is 26.7 Å². The third-order valence-electron chi connectivity index (χ3n) is 4.12. The molecule has 1 amide bonds. The maximum atomic E-state index is 12.9. The van der Waals surface area contributed by atoms with Crippen molar-refractivity contribution in [1.82, 2.24) is 10.2 Å². The summed E-state index contributed by atoms with van der Waals surface area (Å²) in [5.74, 6) is -0.332. The van der Waals surface area contributed by atoms with Gasteiger partial charge in [-0.2, -0.15) is 5.26 Å². The molecule has 0 bridgehead atoms. The number of carbonyl (C=O) groups is 1. The average molecular weight is 369 g/mol. The SMILES string of the molecule is COCCN(CC(=O)NCCc1ccc(F)cc1)Cc1ccc(C#N)cc1. The molecule has 2 rings (SSSR count). The van der Waals surface area contributed by atoms with E-state index in [1.54, 1.807) is 31.4 Å². The number of halogens is 1. The Morgan fingerprint density at radius 3 is 2.44 bits per heavy atom. The molecule has 0 aliphatic carbocycles. The van der Waals surface area contributed by atoms with Crippen LogP contribution in [0, 0.1) is 17.1 Å². The van der Waals surface area contributed by atoms with Crippen LogP contribution in [0.25, 0.3) is 0 Å². The average Bonchev–Trinajstić information content (AvgIpc) is 2.68. The van der Waals surface area contributed by atoms with Crippen molar-refractivity contribution < 1.29 is 13.9 Å². The molecule has 0 atom stereocenters. The quantitative estimate of drug-likeness (QED) is 0.699. The zero-order chi connectivity index (χ0) is 19.5. The molecule has 0 saturated carbocycles. The predicted molar refractivity (Wildman–Crippen MR) is 101 cm³/mol. The van der Waals surface area contributed by atoms with E-state index in [0.29, 0.717) is 38.2 Å². The van der Waals surface area contributed by atoms with E-state index in [9.17, 15) is 9.18 Å². The number of rotatable bonds is 10. The molecule has 0 heterocycles. The normalized spacial score (nSPS) is 10.6. The molecule has 0 radical (unpaired) electrons. The number of hydrogen-bond acceptors (Lipinski definition) is 4. The molecule has 2 aromatic rings. The second kappa shape index (κ2) is 11.1. The molecule has 0 unspecified atom stereocenters. The van der Waals surface area contributed by atoms with Gasteiger partial charge in [0.15, 0.2) is 0 Å². The lowest BCUT2D eigenvalue weighted by atomic mass is 10.1. The first kappa shape index (κ1) is 20.6. The number of nitriles is 1. The van der Waals surface area contributed by atoms with Crippen LogP contribution in [-0.2, 0) is 22.5 Å². The van der Waals surface area contributed by atoms with E-state index in [-0.39, 0.29) is 18.3 Å². The van der Waals surface area contributed by atoms with Crippen molar-refractivity contribution in [2.45, 2.75) is 13.0 Å². The molecule has 5 nitrogen and oxygen atoms in total. The fourth-order valence-electron chi connectivity index (χ4n) is 2.63. The summed E-state index contributed by atoms with van der Waals surface area (Å²) in [6.07, 6.45) is 0.652. The first-order valence-corrected chi connectivity index (χ1v) is 8.82. The molecule has 2 aromatic carbocycles. The van der Waals surface area contributed by atoms with Gasteiger partial charge in [-0.3, -0.25) is 9.69 Å². The molecular weight excluding hydrogens is 345 g/mol. The lowest BCUT2D eigenvalue weighted by Crippen LogP contribution is -2.39. The van der Waals surface area contributed by atoms with Crippen LogP contribution in [0.1, 0.15) is 16.7 Å². The number of nitrogens with zero attached hydrogens (tertiary/aromatic N) is 2. The summed E-state index contributed by atoms with van der Waals surface area (Å²) >= 11 is 0. The first-order valence-electron chi connectivity index (χ1n) is 8.82. The zero-order valence-electron chi connectivity index (χ0n) is 15.5. The van der Waals surface area contributed by atoms with Gasteiger partial charge in [-0.15, -0.1) is 0 Å². The van der Waals surface area contributed by atoms with Crippen molar-refractivity contribution >= 4 is 5.91 Å². The second-order valence-electron chi connectivity index (χ2n) is 6.24. The largest absolute Gasteiger partial charge is 0.383 e. The fourth-order valence-corrected chi connectivity index (χ4v) is 2.63. The maximum Gasteiger partial charge on any atom is 0.234 e. The Morgan fingerprint density at radius 1 is 1.15 bits per heavy atom. The van der Waals surface area contributed by atoms with Crippen LogP contribution in [0.4, 0.5) is 4.39 Å². The first-order chi connectivity index (χ1) is 13.1. The Hall–Kier alpha value is -2.75. The number of ether oxygens (including phenoxy) is 1. The van der Waals surface area contributed by atoms with Crippen LogP contribution in [-0.4, -0.2) is 44.2 Å². The standard InChI is InChI=1S/C21H24FN3O2/c1-27-13-12-25(15-19-4-2-18(14-23)3-5-19)16-21(26)24-11-10-17-6-8-20(22)9-7-17/h2-9H,10-13,15-16H2,1H3,(H,24,26). The Balaban J connectivity index is 1.83. The summed E-state index contributed by atoms with van der Waals surface area (Å²) in [5, 5.41) is 11.8. The van der Waals surface area contributed by atoms with Crippen molar-refractivity contribution in [3.63, 3.8) is 0 Å². The molecular formula is C21H24FN3O2. The van der Waals surface area contributed by atoms with E-state index in [1.165, 1.54) is 12.1 Å². The van der Waals surface area contributed by atoms with Gasteiger partial charge >= 0.3 is 0 Å². The molecule has 1 N–H and O–H groups in total. The lowest BCUT2D eigenvalue weighted by molar-refractivity contribution is -0.122. The number of benzene rings is 2. The Labute approximate surface area is 159 Å². The highest BCUT2D eigenvalue weighted by atomic mass is 19.1. The summed E-state index contributed by atoms with van der Waals surface area (Å²) < 4.78 is 18.0. The van der Waals surface area contributed by atoms with Gasteiger partial charge in [-0.1, -0.05) is 24.3 Å². The zero-order valence-corrected chi connectivity index (χ0v) is 15.5. The lowest BCUT2D eigenvalue weighted by Gasteiger charge is -2.21. The third kappa shape index (κ3) is 7.57. The summed E-state index contributed by atoms with van der Waals surface area (Å²) in [5.41, 5.74) is 2.62. The van der Waals surface area contributed by atoms with Crippen LogP contribution >= 0.6 is 0 Å². The van der Waals surface area contributed by atoms with Gasteiger partial charge in [0.1, 0.15) is 5.82 Å². The van der Waals surface area contributed by atoms with E-state index in [2.05, 4.69) is 11.4 Å². The van der Waals surface area contributed by atoms with Gasteiger partial charge in [-0.05, 0) is 41.8 Å². The van der Waals surface area contributed by atoms with Gasteiger partial charge in [0.05, 0.1) is 24.8 Å². The van der Waals surface area contributed by atoms with Crippen LogP contribution in [0.15, 0.2) is 48.5 Å². The second-order valence-corrected chi connectivity index (χ2v) is 6.24. The minimum atomic E-state index is -0.264. The van der Waals surface area contributed by atoms with Crippen LogP contribution in [0.5, 0.6) is 0 Å². The predicted octanol–water partition coefficient (Wildman–Crippen LogP) is 2.50. The monoisotopic (exact) mass is 369 g/mol. The third-order valence-corrected chi connectivity index (χ3v) is 4.12. The van der Waals surface area contributed by atoms with E-state index < -0.39 is 0 Å². The molecule has 142 valence electrons. The van der Waals surface area contributed by atoms with E-state index in [4.69, 9.17) is 10.00 Å². The highest BCUT2D eigenvalue weighted by Gasteiger charge is 2.11. The fraction of sp³-hybridized carbons (Fsp3) is 0.333. The van der Waals surface area contributed by atoms with Crippen LogP contribution in [0.3, 0.4) is 0 Å². The van der Waals surface area contributed by atoms with E-state index in [0.717, 1.165) is 11.1 Å². The van der Waals surface area contributed by atoms with Crippen molar-refractivity contribution in [3.05, 3.63) is 71.0 Å². The van der Waals surface area contributed by atoms with Gasteiger partial charge in [0.25, 0.3) is 0 Å². The number of carbonyl (C=O) groups excluding carboxylic acids is 1. The van der Waals surface area contributed by atoms with Crippen molar-refractivity contribution in [3.8, 4) is 6.07 Å². The Bertz CT molecular complexity index is 754. The molecule has 0 aliphatic rings. The topological polar surface area (TPSA) is 65.4 Å². The minimum Gasteiger partial charge on any atom is -0.383 e. The minimum absolute atomic E-state index is 0.0677. The van der Waals surface area contributed by atoms with Gasteiger partial charge in [0.2, 0.25) is 5.91 Å².